The fourth-order valence-corrected chi connectivity index (χ4v) is 1.64. The summed E-state index contributed by atoms with van der Waals surface area (Å²) in [6.07, 6.45) is 0. The second-order valence-electron chi connectivity index (χ2n) is 3.84. The molecule has 0 amide bonds. The number of H-pyrrole nitrogens is 1. The molecule has 2 rings (SSSR count). The van der Waals surface area contributed by atoms with Gasteiger partial charge in [0, 0.05) is 12.1 Å². The lowest BCUT2D eigenvalue weighted by Crippen LogP contribution is -2.28. The highest BCUT2D eigenvalue weighted by molar-refractivity contribution is 5.89. The Hall–Kier alpha value is -2.70. The van der Waals surface area contributed by atoms with E-state index in [-0.39, 0.29) is 17.7 Å². The van der Waals surface area contributed by atoms with Crippen molar-refractivity contribution in [3.05, 3.63) is 68.0 Å². The van der Waals surface area contributed by atoms with Gasteiger partial charge >= 0.3 is 5.97 Å². The van der Waals surface area contributed by atoms with E-state index in [2.05, 4.69) is 5.10 Å². The topological polar surface area (TPSA) is 92.2 Å². The third-order valence-corrected chi connectivity index (χ3v) is 2.52. The SMILES string of the molecule is O=C(O)c1cc(F)ccc1Cn1[nH]c(=O)ccc1=O. The maximum atomic E-state index is 13.0. The van der Waals surface area contributed by atoms with E-state index in [0.717, 1.165) is 28.9 Å². The van der Waals surface area contributed by atoms with Gasteiger partial charge in [-0.1, -0.05) is 6.07 Å². The summed E-state index contributed by atoms with van der Waals surface area (Å²) in [5.74, 6) is -1.99. The molecular formula is C12H9FN2O4. The molecule has 6 nitrogen and oxygen atoms in total. The van der Waals surface area contributed by atoms with Crippen LogP contribution in [0.5, 0.6) is 0 Å². The van der Waals surface area contributed by atoms with Gasteiger partial charge in [-0.15, -0.1) is 0 Å². The number of nitrogens with one attached hydrogen (secondary N) is 1. The Morgan fingerprint density at radius 3 is 2.68 bits per heavy atom. The summed E-state index contributed by atoms with van der Waals surface area (Å²) in [5, 5.41) is 11.2. The number of aromatic nitrogens is 2. The highest BCUT2D eigenvalue weighted by Crippen LogP contribution is 2.12. The van der Waals surface area contributed by atoms with E-state index in [0.29, 0.717) is 0 Å². The van der Waals surface area contributed by atoms with E-state index in [4.69, 9.17) is 5.11 Å². The molecule has 0 unspecified atom stereocenters. The first-order valence-corrected chi connectivity index (χ1v) is 5.29. The van der Waals surface area contributed by atoms with Gasteiger partial charge in [-0.05, 0) is 17.7 Å². The van der Waals surface area contributed by atoms with E-state index < -0.39 is 22.9 Å². The molecular weight excluding hydrogens is 255 g/mol. The van der Waals surface area contributed by atoms with Crippen molar-refractivity contribution in [2.75, 3.05) is 0 Å². The Bertz CT molecular complexity index is 748. The van der Waals surface area contributed by atoms with Crippen LogP contribution in [0.2, 0.25) is 0 Å². The summed E-state index contributed by atoms with van der Waals surface area (Å²) in [5.41, 5.74) is -1.01. The zero-order valence-electron chi connectivity index (χ0n) is 9.59. The Labute approximate surface area is 105 Å². The minimum Gasteiger partial charge on any atom is -0.478 e. The van der Waals surface area contributed by atoms with Crippen LogP contribution in [0.3, 0.4) is 0 Å². The molecule has 19 heavy (non-hydrogen) atoms. The molecule has 7 heteroatoms. The van der Waals surface area contributed by atoms with E-state index in [1.54, 1.807) is 0 Å². The Morgan fingerprint density at radius 2 is 2.00 bits per heavy atom. The lowest BCUT2D eigenvalue weighted by atomic mass is 10.1. The standard InChI is InChI=1S/C12H9FN2O4/c13-8-2-1-7(9(5-8)12(18)19)6-15-11(17)4-3-10(16)14-15/h1-5H,6H2,(H,14,16)(H,18,19). The number of hydrogen-bond acceptors (Lipinski definition) is 3. The Morgan fingerprint density at radius 1 is 1.26 bits per heavy atom. The summed E-state index contributed by atoms with van der Waals surface area (Å²) in [6, 6.07) is 5.36. The van der Waals surface area contributed by atoms with Gasteiger partial charge in [-0.2, -0.15) is 0 Å². The molecule has 2 N–H and O–H groups in total. The van der Waals surface area contributed by atoms with Gasteiger partial charge in [-0.3, -0.25) is 14.7 Å². The molecule has 2 aromatic rings. The third kappa shape index (κ3) is 2.76. The van der Waals surface area contributed by atoms with Crippen molar-refractivity contribution in [1.82, 2.24) is 9.78 Å². The number of aromatic carboxylic acids is 1. The van der Waals surface area contributed by atoms with Crippen LogP contribution in [-0.4, -0.2) is 20.9 Å². The molecule has 0 fully saturated rings. The number of carboxylic acid groups (broad SMARTS) is 1. The van der Waals surface area contributed by atoms with Gasteiger partial charge in [0.25, 0.3) is 11.1 Å². The highest BCUT2D eigenvalue weighted by atomic mass is 19.1. The van der Waals surface area contributed by atoms with Crippen molar-refractivity contribution in [1.29, 1.82) is 0 Å². The van der Waals surface area contributed by atoms with Gasteiger partial charge in [0.15, 0.2) is 0 Å². The Kier molecular flexibility index (Phi) is 3.28. The first-order chi connectivity index (χ1) is 8.97. The molecule has 1 aromatic carbocycles. The second-order valence-corrected chi connectivity index (χ2v) is 3.84. The van der Waals surface area contributed by atoms with E-state index in [1.807, 2.05) is 0 Å². The number of carboxylic acids is 1. The number of rotatable bonds is 3. The van der Waals surface area contributed by atoms with Gasteiger partial charge in [0.1, 0.15) is 5.82 Å². The third-order valence-electron chi connectivity index (χ3n) is 2.52. The van der Waals surface area contributed by atoms with Crippen LogP contribution in [0.1, 0.15) is 15.9 Å². The predicted molar refractivity (Wildman–Crippen MR) is 63.8 cm³/mol. The molecule has 0 aliphatic rings. The van der Waals surface area contributed by atoms with E-state index >= 15 is 0 Å². The first-order valence-electron chi connectivity index (χ1n) is 5.29. The van der Waals surface area contributed by atoms with E-state index in [1.165, 1.54) is 6.07 Å². The van der Waals surface area contributed by atoms with Crippen LogP contribution in [0.25, 0.3) is 0 Å². The molecule has 0 radical (unpaired) electrons. The molecule has 0 saturated carbocycles. The van der Waals surface area contributed by atoms with E-state index in [9.17, 15) is 18.8 Å². The van der Waals surface area contributed by atoms with Gasteiger partial charge in [-0.25, -0.2) is 13.9 Å². The molecule has 0 aliphatic heterocycles. The average Bonchev–Trinajstić information content (AvgIpc) is 2.35. The zero-order valence-corrected chi connectivity index (χ0v) is 9.59. The van der Waals surface area contributed by atoms with Crippen LogP contribution in [0.15, 0.2) is 39.9 Å². The fraction of sp³-hybridized carbons (Fsp3) is 0.0833. The first kappa shape index (κ1) is 12.7. The van der Waals surface area contributed by atoms with Crippen LogP contribution < -0.4 is 11.1 Å². The monoisotopic (exact) mass is 264 g/mol. The maximum absolute atomic E-state index is 13.0. The number of nitrogens with zero attached hydrogens (tertiary/aromatic N) is 1. The number of halogens is 1. The summed E-state index contributed by atoms with van der Waals surface area (Å²) in [7, 11) is 0. The number of carbonyl (C=O) groups is 1. The van der Waals surface area contributed by atoms with Crippen molar-refractivity contribution in [3.63, 3.8) is 0 Å². The number of benzene rings is 1. The smallest absolute Gasteiger partial charge is 0.336 e. The lowest BCUT2D eigenvalue weighted by molar-refractivity contribution is 0.0695. The second kappa shape index (κ2) is 4.89. The van der Waals surface area contributed by atoms with Crippen molar-refractivity contribution in [2.24, 2.45) is 0 Å². The normalized spacial score (nSPS) is 10.4. The maximum Gasteiger partial charge on any atom is 0.336 e. The van der Waals surface area contributed by atoms with Crippen molar-refractivity contribution >= 4 is 5.97 Å². The fourth-order valence-electron chi connectivity index (χ4n) is 1.64. The van der Waals surface area contributed by atoms with Crippen molar-refractivity contribution in [3.8, 4) is 0 Å². The van der Waals surface area contributed by atoms with Gasteiger partial charge in [0.2, 0.25) is 0 Å². The lowest BCUT2D eigenvalue weighted by Gasteiger charge is -2.08. The van der Waals surface area contributed by atoms with Crippen molar-refractivity contribution in [2.45, 2.75) is 6.54 Å². The Balaban J connectivity index is 2.49. The molecule has 0 saturated heterocycles. The van der Waals surface area contributed by atoms with Crippen LogP contribution in [0.4, 0.5) is 4.39 Å². The van der Waals surface area contributed by atoms with Gasteiger partial charge < -0.3 is 5.11 Å². The summed E-state index contributed by atoms with van der Waals surface area (Å²) in [6.45, 7) is -0.156. The summed E-state index contributed by atoms with van der Waals surface area (Å²) < 4.78 is 14.0. The largest absolute Gasteiger partial charge is 0.478 e. The van der Waals surface area contributed by atoms with Crippen LogP contribution in [-0.2, 0) is 6.54 Å². The molecule has 0 aliphatic carbocycles. The molecule has 98 valence electrons. The highest BCUT2D eigenvalue weighted by Gasteiger charge is 2.12. The molecule has 1 aromatic heterocycles. The zero-order chi connectivity index (χ0) is 14.0. The van der Waals surface area contributed by atoms with Crippen LogP contribution >= 0.6 is 0 Å². The number of hydrogen-bond donors (Lipinski definition) is 2. The minimum atomic E-state index is -1.30. The molecule has 0 spiro atoms. The van der Waals surface area contributed by atoms with Gasteiger partial charge in [0.05, 0.1) is 12.1 Å². The molecule has 0 atom stereocenters. The molecule has 0 bridgehead atoms. The number of aromatic amines is 1. The van der Waals surface area contributed by atoms with Crippen LogP contribution in [0, 0.1) is 5.82 Å². The quantitative estimate of drug-likeness (QED) is 0.840. The van der Waals surface area contributed by atoms with Crippen molar-refractivity contribution < 1.29 is 14.3 Å². The molecule has 1 heterocycles. The summed E-state index contributed by atoms with van der Waals surface area (Å²) >= 11 is 0. The average molecular weight is 264 g/mol. The summed E-state index contributed by atoms with van der Waals surface area (Å²) in [4.78, 5) is 33.6. The minimum absolute atomic E-state index is 0.156. The predicted octanol–water partition coefficient (Wildman–Crippen LogP) is 0.422.